The molecule has 5 aromatic carbocycles. The number of para-hydroxylation sites is 2. The smallest absolute Gasteiger partial charge is 0.0634 e. The van der Waals surface area contributed by atoms with E-state index < -0.39 is 0 Å². The molecule has 0 saturated carbocycles. The van der Waals surface area contributed by atoms with Crippen LogP contribution in [0.25, 0.3) is 76.2 Å². The van der Waals surface area contributed by atoms with E-state index >= 15 is 0 Å². The molecule has 0 bridgehead atoms. The Morgan fingerprint density at radius 2 is 0.688 bits per heavy atom. The van der Waals surface area contributed by atoms with E-state index in [1.807, 2.05) is 0 Å². The van der Waals surface area contributed by atoms with Crippen LogP contribution in [0.5, 0.6) is 0 Å². The molecule has 0 atom stereocenters. The molecule has 0 fully saturated rings. The Morgan fingerprint density at radius 3 is 1.02 bits per heavy atom. The Kier molecular flexibility index (Phi) is 5.48. The monoisotopic (exact) mass is 628 g/mol. The van der Waals surface area contributed by atoms with Gasteiger partial charge in [0, 0.05) is 43.1 Å². The fourth-order valence-electron chi connectivity index (χ4n) is 8.83. The van der Waals surface area contributed by atoms with Crippen LogP contribution < -0.4 is 0 Å². The molecule has 0 amide bonds. The zero-order valence-corrected chi connectivity index (χ0v) is 30.8. The molecule has 0 aliphatic carbocycles. The predicted octanol–water partition coefficient (Wildman–Crippen LogP) is 13.2. The first-order valence-electron chi connectivity index (χ1n) is 17.8. The molecule has 4 aromatic heterocycles. The second-order valence-electron chi connectivity index (χ2n) is 18.7. The molecule has 4 heterocycles. The van der Waals surface area contributed by atoms with Gasteiger partial charge in [-0.25, -0.2) is 0 Å². The molecule has 0 aliphatic heterocycles. The van der Waals surface area contributed by atoms with Crippen LogP contribution in [0.15, 0.2) is 72.8 Å². The van der Waals surface area contributed by atoms with Gasteiger partial charge >= 0.3 is 0 Å². The van der Waals surface area contributed by atoms with Gasteiger partial charge in [-0.15, -0.1) is 0 Å². The minimum absolute atomic E-state index is 0.0235. The molecular weight excluding hydrogens is 581 g/mol. The highest BCUT2D eigenvalue weighted by molar-refractivity contribution is 6.45. The maximum absolute atomic E-state index is 2.65. The summed E-state index contributed by atoms with van der Waals surface area (Å²) < 4.78 is 5.31. The van der Waals surface area contributed by atoms with Crippen molar-refractivity contribution < 1.29 is 0 Å². The van der Waals surface area contributed by atoms with Crippen molar-refractivity contribution >= 4 is 76.2 Å². The first kappa shape index (κ1) is 29.8. The van der Waals surface area contributed by atoms with Crippen molar-refractivity contribution in [3.8, 4) is 0 Å². The minimum Gasteiger partial charge on any atom is -0.308 e. The molecule has 0 spiro atoms. The summed E-state index contributed by atoms with van der Waals surface area (Å²) >= 11 is 0. The summed E-state index contributed by atoms with van der Waals surface area (Å²) in [6.45, 7) is 28.5. The minimum atomic E-state index is -0.0338. The number of fused-ring (bicyclic) bond motifs is 14. The largest absolute Gasteiger partial charge is 0.308 e. The molecule has 0 radical (unpaired) electrons. The van der Waals surface area contributed by atoms with Crippen molar-refractivity contribution in [3.05, 3.63) is 95.1 Å². The van der Waals surface area contributed by atoms with Crippen LogP contribution in [0, 0.1) is 0 Å². The summed E-state index contributed by atoms with van der Waals surface area (Å²) in [6.07, 6.45) is 0. The number of benzene rings is 5. The van der Waals surface area contributed by atoms with Gasteiger partial charge in [0.15, 0.2) is 0 Å². The van der Waals surface area contributed by atoms with E-state index in [0.717, 1.165) is 0 Å². The normalized spacial score (nSPS) is 14.2. The van der Waals surface area contributed by atoms with Crippen molar-refractivity contribution in [1.82, 2.24) is 8.80 Å². The van der Waals surface area contributed by atoms with Gasteiger partial charge in [0.1, 0.15) is 0 Å². The molecule has 0 unspecified atom stereocenters. The summed E-state index contributed by atoms with van der Waals surface area (Å²) in [4.78, 5) is 0. The Labute approximate surface area is 284 Å². The average Bonchev–Trinajstić information content (AvgIpc) is 3.70. The maximum Gasteiger partial charge on any atom is 0.0634 e. The highest BCUT2D eigenvalue weighted by Gasteiger charge is 2.34. The number of nitrogens with zero attached hydrogens (tertiary/aromatic N) is 2. The van der Waals surface area contributed by atoms with Crippen LogP contribution in [-0.4, -0.2) is 8.80 Å². The molecule has 2 nitrogen and oxygen atoms in total. The third-order valence-corrected chi connectivity index (χ3v) is 11.3. The summed E-state index contributed by atoms with van der Waals surface area (Å²) in [6, 6.07) is 28.5. The number of aromatic nitrogens is 2. The van der Waals surface area contributed by atoms with E-state index in [2.05, 4.69) is 165 Å². The van der Waals surface area contributed by atoms with Crippen molar-refractivity contribution in [2.45, 2.75) is 105 Å². The van der Waals surface area contributed by atoms with Crippen LogP contribution >= 0.6 is 0 Å². The average molecular weight is 629 g/mol. The molecule has 9 aromatic rings. The molecule has 48 heavy (non-hydrogen) atoms. The molecule has 9 rings (SSSR count). The second-order valence-corrected chi connectivity index (χ2v) is 18.7. The van der Waals surface area contributed by atoms with Crippen molar-refractivity contribution in [2.24, 2.45) is 0 Å². The van der Waals surface area contributed by atoms with Crippen LogP contribution in [0.4, 0.5) is 0 Å². The molecule has 242 valence electrons. The van der Waals surface area contributed by atoms with Gasteiger partial charge in [0.25, 0.3) is 0 Å². The van der Waals surface area contributed by atoms with Crippen molar-refractivity contribution in [1.29, 1.82) is 0 Å². The molecule has 0 N–H and O–H groups in total. The summed E-state index contributed by atoms with van der Waals surface area (Å²) in [5.41, 5.74) is 13.7. The number of rotatable bonds is 0. The van der Waals surface area contributed by atoms with Gasteiger partial charge in [-0.05, 0) is 68.2 Å². The lowest BCUT2D eigenvalue weighted by Gasteiger charge is -2.26. The van der Waals surface area contributed by atoms with Gasteiger partial charge < -0.3 is 8.80 Å². The summed E-state index contributed by atoms with van der Waals surface area (Å²) in [5.74, 6) is 0. The lowest BCUT2D eigenvalue weighted by Crippen LogP contribution is -2.17. The van der Waals surface area contributed by atoms with E-state index in [1.165, 1.54) is 98.4 Å². The van der Waals surface area contributed by atoms with E-state index in [9.17, 15) is 0 Å². The number of hydrogen-bond acceptors (Lipinski definition) is 0. The van der Waals surface area contributed by atoms with Gasteiger partial charge in [-0.1, -0.05) is 132 Å². The van der Waals surface area contributed by atoms with Crippen molar-refractivity contribution in [2.75, 3.05) is 0 Å². The third-order valence-electron chi connectivity index (χ3n) is 11.3. The quantitative estimate of drug-likeness (QED) is 0.158. The molecule has 0 aliphatic rings. The SMILES string of the molecule is CC(C)(C)c1cc(C(C)(C)C)c2c(c1)c1c3c4ccccc4n4c5c(C(C)(C)C)cc(C(C)(C)C)cc5c(c5c6ccccc6n2c51)c34. The fourth-order valence-corrected chi connectivity index (χ4v) is 8.83. The highest BCUT2D eigenvalue weighted by Crippen LogP contribution is 2.54. The van der Waals surface area contributed by atoms with E-state index in [0.29, 0.717) is 0 Å². The highest BCUT2D eigenvalue weighted by atomic mass is 14.9. The van der Waals surface area contributed by atoms with E-state index in [1.54, 1.807) is 0 Å². The first-order valence-corrected chi connectivity index (χ1v) is 17.8. The lowest BCUT2D eigenvalue weighted by atomic mass is 9.79. The molecular formula is C46H48N2. The third kappa shape index (κ3) is 3.64. The van der Waals surface area contributed by atoms with Crippen LogP contribution in [0.1, 0.15) is 105 Å². The second kappa shape index (κ2) is 8.83. The fraction of sp³-hybridized carbons (Fsp3) is 0.348. The van der Waals surface area contributed by atoms with E-state index in [-0.39, 0.29) is 21.7 Å². The first-order chi connectivity index (χ1) is 22.4. The standard InChI is InChI=1S/C46H48N2/c1-43(2,3)25-21-29-37-35-27-17-13-16-20-34(27)48-40-30(22-26(44(4,5)6)24-32(40)46(10,11)12)38(42(35)48)36-28-18-14-15-19-33(28)47(41(36)37)39(29)31(23-25)45(7,8)9/h13-24H,1-12H3. The maximum atomic E-state index is 2.65. The Morgan fingerprint density at radius 1 is 0.354 bits per heavy atom. The van der Waals surface area contributed by atoms with Gasteiger partial charge in [0.2, 0.25) is 0 Å². The molecule has 0 saturated heterocycles. The number of hydrogen-bond donors (Lipinski definition) is 0. The Hall–Kier alpha value is -4.30. The van der Waals surface area contributed by atoms with Crippen LogP contribution in [0.3, 0.4) is 0 Å². The van der Waals surface area contributed by atoms with Crippen LogP contribution in [0.2, 0.25) is 0 Å². The van der Waals surface area contributed by atoms with Gasteiger partial charge in [0.05, 0.1) is 33.1 Å². The zero-order valence-electron chi connectivity index (χ0n) is 30.8. The van der Waals surface area contributed by atoms with Crippen LogP contribution in [-0.2, 0) is 21.7 Å². The predicted molar refractivity (Wildman–Crippen MR) is 211 cm³/mol. The topological polar surface area (TPSA) is 8.82 Å². The Bertz CT molecular complexity index is 2590. The molecule has 2 heteroatoms. The lowest BCUT2D eigenvalue weighted by molar-refractivity contribution is 0.571. The Balaban J connectivity index is 1.72. The van der Waals surface area contributed by atoms with Crippen molar-refractivity contribution in [3.63, 3.8) is 0 Å². The zero-order chi connectivity index (χ0) is 34.0. The van der Waals surface area contributed by atoms with Gasteiger partial charge in [-0.3, -0.25) is 0 Å². The summed E-state index contributed by atoms with van der Waals surface area (Å²) in [5, 5.41) is 11.1. The summed E-state index contributed by atoms with van der Waals surface area (Å²) in [7, 11) is 0. The van der Waals surface area contributed by atoms with E-state index in [4.69, 9.17) is 0 Å². The van der Waals surface area contributed by atoms with Gasteiger partial charge in [-0.2, -0.15) is 0 Å².